The second-order valence-electron chi connectivity index (χ2n) is 8.48. The Hall–Kier alpha value is -1.62. The highest BCUT2D eigenvalue weighted by Crippen LogP contribution is 2.45. The molecule has 3 aliphatic rings. The van der Waals surface area contributed by atoms with Gasteiger partial charge in [0.15, 0.2) is 0 Å². The van der Waals surface area contributed by atoms with Gasteiger partial charge in [-0.05, 0) is 49.0 Å². The first-order valence-electron chi connectivity index (χ1n) is 14.1. The number of ether oxygens (including phenoxy) is 2. The Bertz CT molecular complexity index is 896. The molecule has 1 fully saturated rings. The van der Waals surface area contributed by atoms with Crippen molar-refractivity contribution < 1.29 is 33.8 Å². The van der Waals surface area contributed by atoms with E-state index >= 15 is 0 Å². The summed E-state index contributed by atoms with van der Waals surface area (Å²) in [5.74, 6) is -5.44. The van der Waals surface area contributed by atoms with E-state index in [-0.39, 0.29) is 31.1 Å². The van der Waals surface area contributed by atoms with E-state index in [1.165, 1.54) is 6.92 Å². The van der Waals surface area contributed by atoms with Crippen LogP contribution >= 0.6 is 0 Å². The Morgan fingerprint density at radius 2 is 2.28 bits per heavy atom. The largest absolute Gasteiger partial charge is 0.462 e. The van der Waals surface area contributed by atoms with Crippen molar-refractivity contribution in [3.05, 3.63) is 23.8 Å². The zero-order valence-corrected chi connectivity index (χ0v) is 17.1. The molecule has 1 unspecified atom stereocenters. The molecule has 5 nitrogen and oxygen atoms in total. The van der Waals surface area contributed by atoms with E-state index in [0.29, 0.717) is 24.8 Å². The van der Waals surface area contributed by atoms with Gasteiger partial charge in [-0.1, -0.05) is 45.8 Å². The first-order valence-corrected chi connectivity index (χ1v) is 10.6. The number of carbonyl (C=O) groups is 2. The highest BCUT2D eigenvalue weighted by atomic mass is 16.5. The van der Waals surface area contributed by atoms with E-state index in [1.807, 2.05) is 19.1 Å². The van der Waals surface area contributed by atoms with Crippen molar-refractivity contribution in [2.24, 2.45) is 29.6 Å². The van der Waals surface area contributed by atoms with E-state index in [4.69, 9.17) is 19.1 Å². The molecule has 1 saturated heterocycles. The molecule has 5 heteroatoms. The average Bonchev–Trinajstić information content (AvgIpc) is 2.75. The van der Waals surface area contributed by atoms with Gasteiger partial charge in [-0.2, -0.15) is 0 Å². The highest BCUT2D eigenvalue weighted by Gasteiger charge is 2.42. The lowest BCUT2D eigenvalue weighted by Gasteiger charge is -2.43. The second kappa shape index (κ2) is 9.46. The van der Waals surface area contributed by atoms with Crippen molar-refractivity contribution in [3.8, 4) is 0 Å². The molecule has 1 heterocycles. The van der Waals surface area contributed by atoms with Gasteiger partial charge in [-0.25, -0.2) is 0 Å². The van der Waals surface area contributed by atoms with Crippen molar-refractivity contribution in [1.29, 1.82) is 0 Å². The number of carbonyl (C=O) groups excluding carboxylic acids is 2. The number of hydrogen-bond donors (Lipinski definition) is 1. The van der Waals surface area contributed by atoms with E-state index in [2.05, 4.69) is 0 Å². The third kappa shape index (κ3) is 5.30. The predicted octanol–water partition coefficient (Wildman–Crippen LogP) is 4.20. The molecule has 0 aromatic heterocycles. The number of cyclic esters (lactones) is 1. The van der Waals surface area contributed by atoms with E-state index in [9.17, 15) is 14.7 Å². The predicted molar refractivity (Wildman–Crippen MR) is 111 cm³/mol. The Morgan fingerprint density at radius 3 is 2.97 bits per heavy atom. The van der Waals surface area contributed by atoms with Crippen LogP contribution in [0.4, 0.5) is 0 Å². The van der Waals surface area contributed by atoms with Crippen molar-refractivity contribution in [3.63, 3.8) is 0 Å². The van der Waals surface area contributed by atoms with Gasteiger partial charge in [0.2, 0.25) is 0 Å². The van der Waals surface area contributed by atoms with Crippen LogP contribution in [-0.2, 0) is 19.1 Å². The monoisotopic (exact) mass is 411 g/mol. The van der Waals surface area contributed by atoms with Crippen LogP contribution in [0.3, 0.4) is 0 Å². The maximum Gasteiger partial charge on any atom is 0.308 e. The Labute approximate surface area is 184 Å². The summed E-state index contributed by atoms with van der Waals surface area (Å²) in [7, 11) is 0. The van der Waals surface area contributed by atoms with Crippen LogP contribution in [0.1, 0.15) is 75.7 Å². The maximum absolute atomic E-state index is 13.1. The highest BCUT2D eigenvalue weighted by molar-refractivity contribution is 5.72. The summed E-state index contributed by atoms with van der Waals surface area (Å²) in [5, 5.41) is 9.94. The average molecular weight is 412 g/mol. The number of allylic oxidation sites excluding steroid dienone is 3. The van der Waals surface area contributed by atoms with Crippen LogP contribution in [0.5, 0.6) is 0 Å². The van der Waals surface area contributed by atoms with Crippen molar-refractivity contribution in [2.45, 2.75) is 84.4 Å². The summed E-state index contributed by atoms with van der Waals surface area (Å²) in [6.45, 7) is -1.81. The van der Waals surface area contributed by atoms with Crippen LogP contribution in [-0.4, -0.2) is 35.4 Å². The Morgan fingerprint density at radius 1 is 1.45 bits per heavy atom. The molecule has 0 spiro atoms. The van der Waals surface area contributed by atoms with Crippen LogP contribution in [0, 0.1) is 29.6 Å². The molecule has 0 aromatic rings. The SMILES string of the molecule is [2H]C([2H])([2H])[C@H]1C=C2C=C[C@H](C)[C@H](CCC3C[C@@H](O)CC(=O)O3)[C@H]2[C@@H](OC(=O)[C@]([2H])(CC)C([2H])([2H])[2H])C1. The summed E-state index contributed by atoms with van der Waals surface area (Å²) < 4.78 is 66.4. The van der Waals surface area contributed by atoms with Gasteiger partial charge in [-0.3, -0.25) is 9.59 Å². The number of fused-ring (bicyclic) bond motifs is 1. The minimum absolute atomic E-state index is 0.00854. The van der Waals surface area contributed by atoms with Crippen LogP contribution in [0.2, 0.25) is 0 Å². The van der Waals surface area contributed by atoms with E-state index in [1.54, 1.807) is 6.08 Å². The van der Waals surface area contributed by atoms with Gasteiger partial charge >= 0.3 is 11.9 Å². The second-order valence-corrected chi connectivity index (χ2v) is 8.48. The van der Waals surface area contributed by atoms with Crippen LogP contribution in [0.15, 0.2) is 23.8 Å². The minimum atomic E-state index is -2.90. The van der Waals surface area contributed by atoms with Gasteiger partial charge in [0.25, 0.3) is 0 Å². The molecule has 0 amide bonds. The quantitative estimate of drug-likeness (QED) is 0.663. The zero-order valence-electron chi connectivity index (χ0n) is 24.1. The summed E-state index contributed by atoms with van der Waals surface area (Å²) >= 11 is 0. The molecule has 162 valence electrons. The number of hydrogen-bond acceptors (Lipinski definition) is 5. The number of rotatable bonds is 6. The molecule has 29 heavy (non-hydrogen) atoms. The van der Waals surface area contributed by atoms with Gasteiger partial charge in [0, 0.05) is 21.9 Å². The molecule has 0 bridgehead atoms. The molecule has 1 aliphatic heterocycles. The van der Waals surface area contributed by atoms with E-state index < -0.39 is 61.7 Å². The van der Waals surface area contributed by atoms with Crippen molar-refractivity contribution in [2.75, 3.05) is 0 Å². The molecule has 0 radical (unpaired) electrons. The van der Waals surface area contributed by atoms with Crippen LogP contribution in [0.25, 0.3) is 0 Å². The smallest absolute Gasteiger partial charge is 0.308 e. The zero-order chi connectivity index (χ0) is 27.1. The first-order chi connectivity index (χ1) is 16.6. The molecule has 8 atom stereocenters. The molecule has 2 aliphatic carbocycles. The van der Waals surface area contributed by atoms with Crippen molar-refractivity contribution >= 4 is 11.9 Å². The summed E-state index contributed by atoms with van der Waals surface area (Å²) in [6.07, 6.45) is 4.45. The topological polar surface area (TPSA) is 72.8 Å². The Balaban J connectivity index is 1.90. The normalized spacial score (nSPS) is 43.4. The van der Waals surface area contributed by atoms with Gasteiger partial charge in [0.1, 0.15) is 12.2 Å². The standard InChI is InChI=1S/C24H36O5/c1-5-15(3)24(27)29-21-11-14(2)10-17-7-6-16(4)20(23(17)21)9-8-19-12-18(25)13-22(26)28-19/h6-7,10,14-16,18-21,23,25H,5,8-9,11-13H2,1-4H3/t14-,15-,16-,18+,19?,20-,21-,23-/m0/s1/i2D3,3D3,15D. The number of esters is 2. The lowest BCUT2D eigenvalue weighted by molar-refractivity contribution is -0.162. The molecule has 0 aromatic carbocycles. The van der Waals surface area contributed by atoms with Crippen LogP contribution < -0.4 is 0 Å². The molecule has 0 saturated carbocycles. The third-order valence-electron chi connectivity index (χ3n) is 6.31. The van der Waals surface area contributed by atoms with Gasteiger partial charge in [0.05, 0.1) is 18.4 Å². The fourth-order valence-corrected chi connectivity index (χ4v) is 4.78. The van der Waals surface area contributed by atoms with E-state index in [0.717, 1.165) is 0 Å². The Kier molecular flexibility index (Phi) is 4.70. The third-order valence-corrected chi connectivity index (χ3v) is 6.31. The molecule has 3 rings (SSSR count). The molecule has 1 N–H and O–H groups in total. The lowest BCUT2D eigenvalue weighted by atomic mass is 9.65. The molecular weight excluding hydrogens is 368 g/mol. The lowest BCUT2D eigenvalue weighted by Crippen LogP contribution is -2.42. The number of aliphatic hydroxyl groups excluding tert-OH is 1. The summed E-state index contributed by atoms with van der Waals surface area (Å²) in [4.78, 5) is 24.8. The van der Waals surface area contributed by atoms with Gasteiger partial charge < -0.3 is 14.6 Å². The fourth-order valence-electron chi connectivity index (χ4n) is 4.78. The fraction of sp³-hybridized carbons (Fsp3) is 0.750. The van der Waals surface area contributed by atoms with Crippen molar-refractivity contribution in [1.82, 2.24) is 0 Å². The minimum Gasteiger partial charge on any atom is -0.462 e. The summed E-state index contributed by atoms with van der Waals surface area (Å²) in [5.41, 5.74) is 0.713. The molecular formula is C24H36O5. The maximum atomic E-state index is 13.1. The first kappa shape index (κ1) is 14.4. The van der Waals surface area contributed by atoms with Gasteiger partial charge in [-0.15, -0.1) is 0 Å². The summed E-state index contributed by atoms with van der Waals surface area (Å²) in [6, 6.07) is 0. The number of aliphatic hydroxyl groups is 1.